The number of hydrogen-bond acceptors (Lipinski definition) is 8. The highest BCUT2D eigenvalue weighted by molar-refractivity contribution is 14.1. The van der Waals surface area contributed by atoms with Crippen LogP contribution in [-0.2, 0) is 18.9 Å². The van der Waals surface area contributed by atoms with Crippen LogP contribution in [0.1, 0.15) is 25.7 Å². The lowest BCUT2D eigenvalue weighted by molar-refractivity contribution is -0.107. The summed E-state index contributed by atoms with van der Waals surface area (Å²) in [7, 11) is 1.94. The summed E-state index contributed by atoms with van der Waals surface area (Å²) >= 11 is 2.15. The molecule has 0 bridgehead atoms. The summed E-state index contributed by atoms with van der Waals surface area (Å²) in [6.07, 6.45) is 3.62. The predicted molar refractivity (Wildman–Crippen MR) is 118 cm³/mol. The average Bonchev–Trinajstić information content (AvgIpc) is 2.68. The lowest BCUT2D eigenvalue weighted by Gasteiger charge is -2.33. The third kappa shape index (κ3) is 17.0. The van der Waals surface area contributed by atoms with Crippen molar-refractivity contribution in [3.8, 4) is 0 Å². The number of hydrogen-bond donors (Lipinski definition) is 4. The first-order chi connectivity index (χ1) is 13.2. The normalized spacial score (nSPS) is 12.0. The van der Waals surface area contributed by atoms with Gasteiger partial charge in [0.1, 0.15) is 0 Å². The van der Waals surface area contributed by atoms with E-state index in [9.17, 15) is 0 Å². The molecule has 0 aromatic carbocycles. The van der Waals surface area contributed by atoms with Crippen molar-refractivity contribution in [2.45, 2.75) is 25.7 Å². The second-order valence-corrected chi connectivity index (χ2v) is 7.45. The standard InChI is InChI=1S/C18H41IN4O4/c1-22-8-4-12-26-16-18(14-24-10-2-6-20,15-25-11-3-7-21)17-27-13-5-9-23-19/h22-23H,2-17,20-21H2,1H3. The molecule has 0 saturated carbocycles. The van der Waals surface area contributed by atoms with Gasteiger partial charge >= 0.3 is 0 Å². The molecule has 0 saturated heterocycles. The van der Waals surface area contributed by atoms with Gasteiger partial charge in [0.05, 0.1) is 31.8 Å². The van der Waals surface area contributed by atoms with Crippen molar-refractivity contribution in [3.63, 3.8) is 0 Å². The second-order valence-electron chi connectivity index (χ2n) is 6.69. The third-order valence-electron chi connectivity index (χ3n) is 3.89. The number of nitrogens with one attached hydrogen (secondary N) is 2. The maximum absolute atomic E-state index is 5.95. The molecule has 0 rings (SSSR count). The molecule has 0 amide bonds. The third-order valence-corrected chi connectivity index (χ3v) is 4.43. The van der Waals surface area contributed by atoms with Gasteiger partial charge in [-0.3, -0.25) is 3.53 Å². The molecule has 0 fully saturated rings. The average molecular weight is 504 g/mol. The number of ether oxygens (including phenoxy) is 4. The van der Waals surface area contributed by atoms with Crippen molar-refractivity contribution in [2.75, 3.05) is 86.1 Å². The smallest absolute Gasteiger partial charge is 0.0637 e. The molecule has 27 heavy (non-hydrogen) atoms. The molecular weight excluding hydrogens is 463 g/mol. The van der Waals surface area contributed by atoms with Crippen LogP contribution >= 0.6 is 22.9 Å². The fraction of sp³-hybridized carbons (Fsp3) is 1.00. The molecule has 0 aliphatic carbocycles. The molecule has 0 aromatic heterocycles. The topological polar surface area (TPSA) is 113 Å². The van der Waals surface area contributed by atoms with Crippen LogP contribution in [0.3, 0.4) is 0 Å². The highest BCUT2D eigenvalue weighted by atomic mass is 127. The van der Waals surface area contributed by atoms with Gasteiger partial charge in [-0.05, 0) is 52.4 Å². The highest BCUT2D eigenvalue weighted by Crippen LogP contribution is 2.21. The van der Waals surface area contributed by atoms with Crippen molar-refractivity contribution in [2.24, 2.45) is 16.9 Å². The van der Waals surface area contributed by atoms with Crippen LogP contribution in [0.25, 0.3) is 0 Å². The second kappa shape index (κ2) is 21.1. The largest absolute Gasteiger partial charge is 0.381 e. The molecule has 0 spiro atoms. The fourth-order valence-corrected chi connectivity index (χ4v) is 2.75. The van der Waals surface area contributed by atoms with Gasteiger partial charge in [0.25, 0.3) is 0 Å². The summed E-state index contributed by atoms with van der Waals surface area (Å²) in [5, 5.41) is 3.13. The first-order valence-corrected chi connectivity index (χ1v) is 11.0. The Morgan fingerprint density at radius 3 is 1.48 bits per heavy atom. The van der Waals surface area contributed by atoms with E-state index in [2.05, 4.69) is 31.7 Å². The summed E-state index contributed by atoms with van der Waals surface area (Å²) in [6.45, 7) is 7.95. The quantitative estimate of drug-likeness (QED) is 0.0968. The van der Waals surface area contributed by atoms with Gasteiger partial charge in [0.15, 0.2) is 0 Å². The van der Waals surface area contributed by atoms with Crippen molar-refractivity contribution < 1.29 is 18.9 Å². The maximum Gasteiger partial charge on any atom is 0.0637 e. The SMILES string of the molecule is CNCCCOCC(COCCCN)(COCCCN)COCCCNI. The van der Waals surface area contributed by atoms with Crippen LogP contribution in [0.2, 0.25) is 0 Å². The van der Waals surface area contributed by atoms with Gasteiger partial charge in [-0.1, -0.05) is 0 Å². The van der Waals surface area contributed by atoms with E-state index < -0.39 is 0 Å². The molecule has 6 N–H and O–H groups in total. The Bertz CT molecular complexity index is 277. The van der Waals surface area contributed by atoms with Crippen LogP contribution in [0.4, 0.5) is 0 Å². The van der Waals surface area contributed by atoms with Gasteiger partial charge in [0, 0.05) is 55.8 Å². The Balaban J connectivity index is 4.64. The molecule has 8 nitrogen and oxygen atoms in total. The van der Waals surface area contributed by atoms with Gasteiger partial charge in [-0.15, -0.1) is 0 Å². The van der Waals surface area contributed by atoms with Gasteiger partial charge in [-0.25, -0.2) is 0 Å². The van der Waals surface area contributed by atoms with Crippen LogP contribution in [0.5, 0.6) is 0 Å². The summed E-state index contributed by atoms with van der Waals surface area (Å²) in [4.78, 5) is 0. The monoisotopic (exact) mass is 504 g/mol. The number of rotatable bonds is 22. The molecule has 0 radical (unpaired) electrons. The Morgan fingerprint density at radius 1 is 0.704 bits per heavy atom. The first-order valence-electron chi connectivity index (χ1n) is 9.94. The van der Waals surface area contributed by atoms with E-state index in [0.717, 1.165) is 38.8 Å². The molecule has 0 aliphatic rings. The molecule has 0 heterocycles. The predicted octanol–water partition coefficient (Wildman–Crippen LogP) is 0.676. The Kier molecular flexibility index (Phi) is 21.4. The first kappa shape index (κ1) is 27.4. The molecule has 0 aromatic rings. The Hall–Kier alpha value is 0.410. The van der Waals surface area contributed by atoms with E-state index in [4.69, 9.17) is 30.4 Å². The van der Waals surface area contributed by atoms with Crippen molar-refractivity contribution in [3.05, 3.63) is 0 Å². The van der Waals surface area contributed by atoms with Gasteiger partial charge in [-0.2, -0.15) is 0 Å². The van der Waals surface area contributed by atoms with Crippen LogP contribution < -0.4 is 20.3 Å². The fourth-order valence-electron chi connectivity index (χ4n) is 2.37. The number of nitrogens with two attached hydrogens (primary N) is 2. The van der Waals surface area contributed by atoms with E-state index >= 15 is 0 Å². The minimum atomic E-state index is -0.319. The minimum absolute atomic E-state index is 0.319. The van der Waals surface area contributed by atoms with Crippen LogP contribution in [0, 0.1) is 5.41 Å². The zero-order chi connectivity index (χ0) is 20.1. The molecule has 164 valence electrons. The van der Waals surface area contributed by atoms with E-state index in [1.165, 1.54) is 0 Å². The Morgan fingerprint density at radius 2 is 1.11 bits per heavy atom. The highest BCUT2D eigenvalue weighted by Gasteiger charge is 2.32. The van der Waals surface area contributed by atoms with E-state index in [1.807, 2.05) is 7.05 Å². The molecule has 0 aliphatic heterocycles. The Labute approximate surface area is 179 Å². The lowest BCUT2D eigenvalue weighted by Crippen LogP contribution is -2.42. The van der Waals surface area contributed by atoms with Crippen LogP contribution in [-0.4, -0.2) is 86.1 Å². The zero-order valence-electron chi connectivity index (χ0n) is 17.0. The summed E-state index contributed by atoms with van der Waals surface area (Å²) in [6, 6.07) is 0. The molecular formula is C18H41IN4O4. The summed E-state index contributed by atoms with van der Waals surface area (Å²) in [5.41, 5.74) is 10.8. The van der Waals surface area contributed by atoms with E-state index in [-0.39, 0.29) is 5.41 Å². The van der Waals surface area contributed by atoms with Crippen molar-refractivity contribution in [1.82, 2.24) is 8.85 Å². The van der Waals surface area contributed by atoms with Crippen LogP contribution in [0.15, 0.2) is 0 Å². The van der Waals surface area contributed by atoms with E-state index in [0.29, 0.717) is 65.9 Å². The molecule has 0 unspecified atom stereocenters. The zero-order valence-corrected chi connectivity index (χ0v) is 19.1. The van der Waals surface area contributed by atoms with Gasteiger partial charge < -0.3 is 35.7 Å². The maximum atomic E-state index is 5.95. The molecule has 9 heteroatoms. The lowest BCUT2D eigenvalue weighted by atomic mass is 9.92. The summed E-state index contributed by atoms with van der Waals surface area (Å²) < 4.78 is 26.8. The number of halogens is 1. The molecule has 0 atom stereocenters. The van der Waals surface area contributed by atoms with Crippen molar-refractivity contribution in [1.29, 1.82) is 0 Å². The van der Waals surface area contributed by atoms with Gasteiger partial charge in [0.2, 0.25) is 0 Å². The van der Waals surface area contributed by atoms with Crippen molar-refractivity contribution >= 4 is 22.9 Å². The van der Waals surface area contributed by atoms with E-state index in [1.54, 1.807) is 0 Å². The minimum Gasteiger partial charge on any atom is -0.381 e. The summed E-state index contributed by atoms with van der Waals surface area (Å²) in [5.74, 6) is 0.